The Labute approximate surface area is 138 Å². The summed E-state index contributed by atoms with van der Waals surface area (Å²) in [4.78, 5) is 12.7. The molecule has 0 aromatic carbocycles. The second-order valence-corrected chi connectivity index (χ2v) is 9.06. The van der Waals surface area contributed by atoms with E-state index in [1.165, 1.54) is 25.7 Å². The molecule has 0 amide bonds. The maximum atomic E-state index is 12.7. The lowest BCUT2D eigenvalue weighted by molar-refractivity contribution is -0.122. The van der Waals surface area contributed by atoms with Crippen molar-refractivity contribution >= 4 is 5.78 Å². The highest BCUT2D eigenvalue weighted by Crippen LogP contribution is 2.62. The van der Waals surface area contributed by atoms with E-state index in [4.69, 9.17) is 0 Å². The minimum Gasteiger partial charge on any atom is -0.385 e. The van der Waals surface area contributed by atoms with E-state index in [-0.39, 0.29) is 5.92 Å². The molecule has 23 heavy (non-hydrogen) atoms. The minimum absolute atomic E-state index is 0.259. The van der Waals surface area contributed by atoms with Gasteiger partial charge in [0.05, 0.1) is 5.60 Å². The first kappa shape index (κ1) is 14.7. The first-order chi connectivity index (χ1) is 11.1. The fourth-order valence-corrected chi connectivity index (χ4v) is 7.11. The predicted octanol–water partition coefficient (Wildman–Crippen LogP) is 2.83. The Morgan fingerprint density at radius 2 is 2.04 bits per heavy atom. The van der Waals surface area contributed by atoms with Crippen molar-refractivity contribution < 1.29 is 9.90 Å². The summed E-state index contributed by atoms with van der Waals surface area (Å²) in [5.41, 5.74) is 0.461. The third-order valence-corrected chi connectivity index (χ3v) is 7.95. The van der Waals surface area contributed by atoms with Crippen molar-refractivity contribution in [1.29, 1.82) is 0 Å². The van der Waals surface area contributed by atoms with Crippen LogP contribution in [0.5, 0.6) is 0 Å². The van der Waals surface area contributed by atoms with Gasteiger partial charge < -0.3 is 10.4 Å². The lowest BCUT2D eigenvalue weighted by Crippen LogP contribution is -2.57. The Morgan fingerprint density at radius 1 is 1.22 bits per heavy atom. The van der Waals surface area contributed by atoms with E-state index in [9.17, 15) is 9.90 Å². The molecule has 3 nitrogen and oxygen atoms in total. The zero-order chi connectivity index (χ0) is 15.8. The molecule has 5 rings (SSSR count). The minimum atomic E-state index is -0.691. The number of ketones is 1. The van der Waals surface area contributed by atoms with Crippen LogP contribution in [0, 0.1) is 29.6 Å². The number of hydrogen-bond donors (Lipinski definition) is 2. The zero-order valence-corrected chi connectivity index (χ0v) is 14.1. The molecule has 3 saturated carbocycles. The Hall–Kier alpha value is -0.670. The molecule has 1 heterocycles. The maximum absolute atomic E-state index is 12.7. The van der Waals surface area contributed by atoms with Crippen LogP contribution in [0.1, 0.15) is 58.3 Å². The highest BCUT2D eigenvalue weighted by Gasteiger charge is 2.62. The number of aliphatic hydroxyl groups is 1. The van der Waals surface area contributed by atoms with E-state index in [0.29, 0.717) is 41.5 Å². The second-order valence-electron chi connectivity index (χ2n) is 9.06. The van der Waals surface area contributed by atoms with E-state index >= 15 is 0 Å². The summed E-state index contributed by atoms with van der Waals surface area (Å²) in [5, 5.41) is 15.4. The van der Waals surface area contributed by atoms with E-state index in [2.05, 4.69) is 12.2 Å². The fraction of sp³-hybridized carbons (Fsp3) is 0.850. The first-order valence-corrected chi connectivity index (χ1v) is 9.82. The molecular formula is C20H29NO2. The normalized spacial score (nSPS) is 54.8. The number of fused-ring (bicyclic) bond motifs is 9. The van der Waals surface area contributed by atoms with Gasteiger partial charge in [0, 0.05) is 23.9 Å². The van der Waals surface area contributed by atoms with Gasteiger partial charge in [0.15, 0.2) is 5.78 Å². The molecule has 4 aliphatic carbocycles. The lowest BCUT2D eigenvalue weighted by Gasteiger charge is -2.47. The molecule has 1 saturated heterocycles. The van der Waals surface area contributed by atoms with Crippen molar-refractivity contribution in [3.8, 4) is 0 Å². The van der Waals surface area contributed by atoms with E-state index in [1.54, 1.807) is 0 Å². The number of hydrogen-bond acceptors (Lipinski definition) is 3. The number of piperidine rings is 1. The molecule has 0 radical (unpaired) electrons. The highest BCUT2D eigenvalue weighted by molar-refractivity contribution is 5.94. The van der Waals surface area contributed by atoms with Gasteiger partial charge in [-0.25, -0.2) is 0 Å². The van der Waals surface area contributed by atoms with Crippen molar-refractivity contribution in [2.75, 3.05) is 0 Å². The van der Waals surface area contributed by atoms with Crippen LogP contribution in [-0.2, 0) is 4.79 Å². The Kier molecular flexibility index (Phi) is 3.13. The van der Waals surface area contributed by atoms with Gasteiger partial charge in [-0.2, -0.15) is 0 Å². The summed E-state index contributed by atoms with van der Waals surface area (Å²) in [6.45, 7) is 2.27. The van der Waals surface area contributed by atoms with Gasteiger partial charge in [-0.05, 0) is 74.9 Å². The molecule has 3 heteroatoms. The fourth-order valence-electron chi connectivity index (χ4n) is 7.11. The molecule has 1 aliphatic heterocycles. The van der Waals surface area contributed by atoms with Crippen LogP contribution in [0.25, 0.3) is 0 Å². The summed E-state index contributed by atoms with van der Waals surface area (Å²) in [6.07, 6.45) is 11.0. The molecule has 0 aromatic rings. The summed E-state index contributed by atoms with van der Waals surface area (Å²) >= 11 is 0. The van der Waals surface area contributed by atoms with Crippen LogP contribution < -0.4 is 5.32 Å². The van der Waals surface area contributed by atoms with Crippen LogP contribution >= 0.6 is 0 Å². The van der Waals surface area contributed by atoms with Crippen molar-refractivity contribution in [1.82, 2.24) is 5.32 Å². The van der Waals surface area contributed by atoms with Crippen LogP contribution in [-0.4, -0.2) is 28.6 Å². The summed E-state index contributed by atoms with van der Waals surface area (Å²) in [5.74, 6) is 2.51. The van der Waals surface area contributed by atoms with Crippen molar-refractivity contribution in [2.24, 2.45) is 29.6 Å². The second kappa shape index (κ2) is 4.92. The topological polar surface area (TPSA) is 49.3 Å². The summed E-state index contributed by atoms with van der Waals surface area (Å²) in [6, 6.07) is 1.02. The number of rotatable bonds is 0. The Morgan fingerprint density at radius 3 is 2.91 bits per heavy atom. The van der Waals surface area contributed by atoms with Crippen molar-refractivity contribution in [3.05, 3.63) is 11.6 Å². The van der Waals surface area contributed by atoms with Gasteiger partial charge in [-0.15, -0.1) is 0 Å². The SMILES string of the molecule is C[C@H]1CC[C@@H]2[C@@H](C[C@H]3CC2(O)C2=CC(=O)[C@@H]4CCCC[C@H]4[C@@H]23)N1. The quantitative estimate of drug-likeness (QED) is 0.723. The smallest absolute Gasteiger partial charge is 0.159 e. The summed E-state index contributed by atoms with van der Waals surface area (Å²) < 4.78 is 0. The standard InChI is InChI=1S/C20H29NO2/c1-11-6-7-15-17(21-11)8-12-10-20(15,23)16-9-18(22)13-4-2-3-5-14(13)19(12)16/h9,11-15,17,19,21,23H,2-8,10H2,1H3/t11-,12-,13+,14+,15+,17+,19-,20?/m0/s1. The summed E-state index contributed by atoms with van der Waals surface area (Å²) in [7, 11) is 0. The van der Waals surface area contributed by atoms with Crippen LogP contribution in [0.15, 0.2) is 11.6 Å². The third kappa shape index (κ3) is 1.93. The molecule has 126 valence electrons. The van der Waals surface area contributed by atoms with Crippen LogP contribution in [0.3, 0.4) is 0 Å². The molecule has 2 bridgehead atoms. The largest absolute Gasteiger partial charge is 0.385 e. The Balaban J connectivity index is 1.57. The molecular weight excluding hydrogens is 286 g/mol. The van der Waals surface area contributed by atoms with E-state index < -0.39 is 5.60 Å². The number of allylic oxidation sites excluding steroid dienone is 1. The third-order valence-electron chi connectivity index (χ3n) is 7.95. The molecule has 2 N–H and O–H groups in total. The van der Waals surface area contributed by atoms with Gasteiger partial charge in [0.25, 0.3) is 0 Å². The van der Waals surface area contributed by atoms with Crippen molar-refractivity contribution in [2.45, 2.75) is 76.0 Å². The number of carbonyl (C=O) groups excluding carboxylic acids is 1. The number of carbonyl (C=O) groups is 1. The average Bonchev–Trinajstić information content (AvgIpc) is 2.76. The number of nitrogens with one attached hydrogen (secondary N) is 1. The van der Waals surface area contributed by atoms with Gasteiger partial charge in [0.1, 0.15) is 0 Å². The van der Waals surface area contributed by atoms with Crippen LogP contribution in [0.4, 0.5) is 0 Å². The first-order valence-electron chi connectivity index (χ1n) is 9.82. The molecule has 4 fully saturated rings. The van der Waals surface area contributed by atoms with Crippen LogP contribution in [0.2, 0.25) is 0 Å². The van der Waals surface area contributed by atoms with E-state index in [1.807, 2.05) is 6.08 Å². The van der Waals surface area contributed by atoms with Gasteiger partial charge in [-0.1, -0.05) is 12.8 Å². The molecule has 5 aliphatic rings. The monoisotopic (exact) mass is 315 g/mol. The molecule has 0 spiro atoms. The predicted molar refractivity (Wildman–Crippen MR) is 88.8 cm³/mol. The zero-order valence-electron chi connectivity index (χ0n) is 14.1. The van der Waals surface area contributed by atoms with Gasteiger partial charge in [-0.3, -0.25) is 4.79 Å². The highest BCUT2D eigenvalue weighted by atomic mass is 16.3. The maximum Gasteiger partial charge on any atom is 0.159 e. The van der Waals surface area contributed by atoms with Crippen molar-refractivity contribution in [3.63, 3.8) is 0 Å². The molecule has 8 atom stereocenters. The van der Waals surface area contributed by atoms with Gasteiger partial charge >= 0.3 is 0 Å². The van der Waals surface area contributed by atoms with Gasteiger partial charge in [0.2, 0.25) is 0 Å². The molecule has 0 aromatic heterocycles. The average molecular weight is 315 g/mol. The Bertz CT molecular complexity index is 570. The lowest BCUT2D eigenvalue weighted by atomic mass is 9.63. The van der Waals surface area contributed by atoms with E-state index in [0.717, 1.165) is 31.3 Å². The molecule has 1 unspecified atom stereocenters.